The molecule has 1 aliphatic carbocycles. The molecule has 0 fully saturated rings. The Morgan fingerprint density at radius 2 is 1.89 bits per heavy atom. The van der Waals surface area contributed by atoms with E-state index in [0.29, 0.717) is 18.1 Å². The van der Waals surface area contributed by atoms with E-state index in [-0.39, 0.29) is 23.7 Å². The fourth-order valence-corrected chi connectivity index (χ4v) is 6.73. The predicted octanol–water partition coefficient (Wildman–Crippen LogP) is 5.98. The van der Waals surface area contributed by atoms with Gasteiger partial charge in [-0.2, -0.15) is 0 Å². The highest BCUT2D eigenvalue weighted by molar-refractivity contribution is 5.62. The molecule has 0 amide bonds. The zero-order chi connectivity index (χ0) is 25.3. The number of aliphatic hydroxyl groups is 1. The minimum absolute atomic E-state index is 0.0260. The fraction of sp³-hybridized carbons (Fsp3) is 0.600. The van der Waals surface area contributed by atoms with E-state index < -0.39 is 6.10 Å². The van der Waals surface area contributed by atoms with Crippen LogP contribution >= 0.6 is 0 Å². The molecule has 0 saturated heterocycles. The quantitative estimate of drug-likeness (QED) is 0.585. The number of hydrogen-bond donors (Lipinski definition) is 1. The van der Waals surface area contributed by atoms with Gasteiger partial charge in [-0.25, -0.2) is 0 Å². The van der Waals surface area contributed by atoms with Crippen molar-refractivity contribution in [1.82, 2.24) is 4.90 Å². The van der Waals surface area contributed by atoms with Crippen molar-refractivity contribution >= 4 is 0 Å². The van der Waals surface area contributed by atoms with Crippen LogP contribution in [0, 0.1) is 12.8 Å². The van der Waals surface area contributed by atoms with Crippen molar-refractivity contribution in [2.45, 2.75) is 83.8 Å². The van der Waals surface area contributed by atoms with Crippen LogP contribution in [0.2, 0.25) is 0 Å². The number of fused-ring (bicyclic) bond motifs is 3. The van der Waals surface area contributed by atoms with E-state index in [1.165, 1.54) is 22.3 Å². The summed E-state index contributed by atoms with van der Waals surface area (Å²) in [5.41, 5.74) is 7.59. The van der Waals surface area contributed by atoms with E-state index in [9.17, 15) is 5.11 Å². The molecule has 2 aromatic rings. The number of benzene rings is 2. The molecule has 0 saturated carbocycles. The summed E-state index contributed by atoms with van der Waals surface area (Å²) in [6, 6.07) is 6.78. The van der Waals surface area contributed by atoms with Gasteiger partial charge in [0, 0.05) is 18.2 Å². The summed E-state index contributed by atoms with van der Waals surface area (Å²) in [5, 5.41) is 11.7. The Kier molecular flexibility index (Phi) is 5.88. The number of likely N-dealkylation sites (N-methyl/N-ethyl adjacent to an activating group) is 1. The Balaban J connectivity index is 1.54. The zero-order valence-corrected chi connectivity index (χ0v) is 22.6. The van der Waals surface area contributed by atoms with Gasteiger partial charge in [-0.05, 0) is 83.9 Å². The average Bonchev–Trinajstić information content (AvgIpc) is 3.26. The molecular formula is C30H41NO4. The minimum atomic E-state index is -0.577. The van der Waals surface area contributed by atoms with Crippen LogP contribution in [0.3, 0.4) is 0 Å². The van der Waals surface area contributed by atoms with Crippen molar-refractivity contribution < 1.29 is 19.3 Å². The standard InChI is InChI=1S/C30H41NO4/c1-17-11-22-21(29(3,4)15-18(2)30(22,5)6)13-20(17)24(32)14-23-26-19(9-10-31(23)7)12-25-27(28(26)33-8)35-16-34-25/h11-13,18,23-24,32H,9-10,14-16H2,1-8H3/t18-,23+,24+/m0/s1. The van der Waals surface area contributed by atoms with E-state index in [1.54, 1.807) is 7.11 Å². The van der Waals surface area contributed by atoms with Gasteiger partial charge in [0.1, 0.15) is 0 Å². The second-order valence-electron chi connectivity index (χ2n) is 12.2. The molecule has 1 N–H and O–H groups in total. The maximum atomic E-state index is 11.7. The molecule has 3 aliphatic rings. The normalized spacial score (nSPS) is 25.1. The SMILES string of the molecule is COc1c2c(cc3c1[C@@H](C[C@@H](O)c1cc4c(cc1C)C(C)(C)[C@@H](C)CC4(C)C)N(C)CC3)OCO2. The third-order valence-corrected chi connectivity index (χ3v) is 9.23. The topological polar surface area (TPSA) is 51.2 Å². The Labute approximate surface area is 210 Å². The maximum Gasteiger partial charge on any atom is 0.231 e. The van der Waals surface area contributed by atoms with Gasteiger partial charge >= 0.3 is 0 Å². The molecular weight excluding hydrogens is 438 g/mol. The van der Waals surface area contributed by atoms with Gasteiger partial charge < -0.3 is 19.3 Å². The van der Waals surface area contributed by atoms with Gasteiger partial charge in [-0.1, -0.05) is 46.8 Å². The van der Waals surface area contributed by atoms with Crippen LogP contribution in [0.1, 0.15) is 93.0 Å². The highest BCUT2D eigenvalue weighted by Gasteiger charge is 2.43. The van der Waals surface area contributed by atoms with E-state index in [2.05, 4.69) is 71.7 Å². The fourth-order valence-electron chi connectivity index (χ4n) is 6.73. The molecule has 0 unspecified atom stereocenters. The summed E-state index contributed by atoms with van der Waals surface area (Å²) in [7, 11) is 3.83. The van der Waals surface area contributed by atoms with Gasteiger partial charge in [0.2, 0.25) is 12.5 Å². The van der Waals surface area contributed by atoms with Crippen LogP contribution in [0.4, 0.5) is 0 Å². The highest BCUT2D eigenvalue weighted by atomic mass is 16.7. The van der Waals surface area contributed by atoms with Gasteiger partial charge in [-0.3, -0.25) is 4.90 Å². The molecule has 0 spiro atoms. The molecule has 2 aromatic carbocycles. The van der Waals surface area contributed by atoms with Gasteiger partial charge in [0.15, 0.2) is 11.5 Å². The highest BCUT2D eigenvalue weighted by Crippen LogP contribution is 2.52. The first-order valence-corrected chi connectivity index (χ1v) is 13.0. The number of ether oxygens (including phenoxy) is 3. The zero-order valence-electron chi connectivity index (χ0n) is 22.6. The van der Waals surface area contributed by atoms with Crippen molar-refractivity contribution in [1.29, 1.82) is 0 Å². The first-order chi connectivity index (χ1) is 16.5. The minimum Gasteiger partial charge on any atom is -0.492 e. The lowest BCUT2D eigenvalue weighted by Crippen LogP contribution is -2.40. The van der Waals surface area contributed by atoms with Crippen molar-refractivity contribution in [2.24, 2.45) is 5.92 Å². The molecule has 2 aliphatic heterocycles. The Bertz CT molecular complexity index is 1150. The van der Waals surface area contributed by atoms with Crippen LogP contribution in [-0.4, -0.2) is 37.5 Å². The van der Waals surface area contributed by atoms with Crippen molar-refractivity contribution in [2.75, 3.05) is 27.5 Å². The first-order valence-electron chi connectivity index (χ1n) is 13.0. The number of methoxy groups -OCH3 is 1. The molecule has 0 radical (unpaired) electrons. The maximum absolute atomic E-state index is 11.7. The summed E-state index contributed by atoms with van der Waals surface area (Å²) < 4.78 is 17.3. The predicted molar refractivity (Wildman–Crippen MR) is 139 cm³/mol. The molecule has 0 aromatic heterocycles. The monoisotopic (exact) mass is 479 g/mol. The molecule has 190 valence electrons. The second-order valence-corrected chi connectivity index (χ2v) is 12.2. The molecule has 3 atom stereocenters. The van der Waals surface area contributed by atoms with Crippen molar-refractivity contribution in [3.05, 3.63) is 51.6 Å². The smallest absolute Gasteiger partial charge is 0.231 e. The van der Waals surface area contributed by atoms with E-state index >= 15 is 0 Å². The molecule has 5 nitrogen and oxygen atoms in total. The lowest BCUT2D eigenvalue weighted by molar-refractivity contribution is 0.107. The van der Waals surface area contributed by atoms with Crippen LogP contribution in [0.15, 0.2) is 18.2 Å². The Hall–Kier alpha value is -2.24. The summed E-state index contributed by atoms with van der Waals surface area (Å²) in [6.07, 6.45) is 2.09. The van der Waals surface area contributed by atoms with E-state index in [4.69, 9.17) is 14.2 Å². The molecule has 35 heavy (non-hydrogen) atoms. The van der Waals surface area contributed by atoms with Crippen molar-refractivity contribution in [3.63, 3.8) is 0 Å². The van der Waals surface area contributed by atoms with Gasteiger partial charge in [0.25, 0.3) is 0 Å². The third-order valence-electron chi connectivity index (χ3n) is 9.23. The first kappa shape index (κ1) is 24.5. The van der Waals surface area contributed by atoms with Crippen LogP contribution in [0.25, 0.3) is 0 Å². The summed E-state index contributed by atoms with van der Waals surface area (Å²) in [4.78, 5) is 2.33. The lowest BCUT2D eigenvalue weighted by atomic mass is 9.58. The average molecular weight is 480 g/mol. The second kappa shape index (κ2) is 8.41. The lowest BCUT2D eigenvalue weighted by Gasteiger charge is -2.47. The van der Waals surface area contributed by atoms with Gasteiger partial charge in [0.05, 0.1) is 13.2 Å². The molecule has 5 heteroatoms. The van der Waals surface area contributed by atoms with Gasteiger partial charge in [-0.15, -0.1) is 0 Å². The molecule has 5 rings (SSSR count). The largest absolute Gasteiger partial charge is 0.492 e. The number of hydrogen-bond acceptors (Lipinski definition) is 5. The summed E-state index contributed by atoms with van der Waals surface area (Å²) in [5.74, 6) is 2.80. The molecule has 2 heterocycles. The number of aliphatic hydroxyl groups excluding tert-OH is 1. The number of nitrogens with zero attached hydrogens (tertiary/aromatic N) is 1. The van der Waals surface area contributed by atoms with Crippen LogP contribution in [0.5, 0.6) is 17.2 Å². The van der Waals surface area contributed by atoms with Crippen molar-refractivity contribution in [3.8, 4) is 17.2 Å². The Morgan fingerprint density at radius 3 is 2.60 bits per heavy atom. The number of rotatable bonds is 4. The van der Waals surface area contributed by atoms with Crippen LogP contribution in [-0.2, 0) is 17.3 Å². The summed E-state index contributed by atoms with van der Waals surface area (Å²) >= 11 is 0. The van der Waals surface area contributed by atoms with E-state index in [0.717, 1.165) is 42.0 Å². The molecule has 0 bridgehead atoms. The summed E-state index contributed by atoms with van der Waals surface area (Å²) in [6.45, 7) is 15.1. The Morgan fingerprint density at radius 1 is 1.14 bits per heavy atom. The third kappa shape index (κ3) is 3.82. The number of aryl methyl sites for hydroxylation is 1. The van der Waals surface area contributed by atoms with E-state index in [1.807, 2.05) is 0 Å². The van der Waals surface area contributed by atoms with Crippen LogP contribution < -0.4 is 14.2 Å².